The lowest BCUT2D eigenvalue weighted by atomic mass is 10.1. The van der Waals surface area contributed by atoms with Gasteiger partial charge in [0.05, 0.1) is 0 Å². The zero-order chi connectivity index (χ0) is 7.84. The molecule has 2 unspecified atom stereocenters. The predicted molar refractivity (Wildman–Crippen MR) is 47.6 cm³/mol. The van der Waals surface area contributed by atoms with Crippen LogP contribution in [0.25, 0.3) is 0 Å². The normalized spacial score (nSPS) is 34.3. The standard InChI is InChI=1S/C8H13NO2.ClH/c10-8(11)7-4-3-6-2-1-5-9(6)7;/h6-7H,1-5H2,(H,10,11);1H. The maximum absolute atomic E-state index is 10.7. The van der Waals surface area contributed by atoms with E-state index in [1.165, 1.54) is 12.8 Å². The van der Waals surface area contributed by atoms with Crippen LogP contribution in [0.4, 0.5) is 0 Å². The molecule has 0 bridgehead atoms. The number of hydrogen-bond acceptors (Lipinski definition) is 2. The Morgan fingerprint density at radius 1 is 1.33 bits per heavy atom. The number of aliphatic carboxylic acids is 1. The van der Waals surface area contributed by atoms with E-state index in [2.05, 4.69) is 4.90 Å². The second kappa shape index (κ2) is 3.62. The number of carboxylic acids is 1. The molecule has 12 heavy (non-hydrogen) atoms. The summed E-state index contributed by atoms with van der Waals surface area (Å²) in [4.78, 5) is 12.9. The van der Waals surface area contributed by atoms with Gasteiger partial charge in [-0.25, -0.2) is 0 Å². The van der Waals surface area contributed by atoms with Gasteiger partial charge in [0, 0.05) is 6.04 Å². The Labute approximate surface area is 78.2 Å². The Morgan fingerprint density at radius 2 is 2.08 bits per heavy atom. The minimum absolute atomic E-state index is 0. The first kappa shape index (κ1) is 9.81. The molecule has 2 rings (SSSR count). The van der Waals surface area contributed by atoms with Gasteiger partial charge in [0.1, 0.15) is 6.04 Å². The molecule has 1 N–H and O–H groups in total. The van der Waals surface area contributed by atoms with Gasteiger partial charge in [-0.15, -0.1) is 12.4 Å². The number of carboxylic acid groups (broad SMARTS) is 1. The van der Waals surface area contributed by atoms with Crippen molar-refractivity contribution in [3.8, 4) is 0 Å². The molecule has 0 spiro atoms. The molecule has 0 amide bonds. The molecule has 2 atom stereocenters. The van der Waals surface area contributed by atoms with Crippen molar-refractivity contribution >= 4 is 18.4 Å². The lowest BCUT2D eigenvalue weighted by Crippen LogP contribution is -2.36. The minimum Gasteiger partial charge on any atom is -0.480 e. The Hall–Kier alpha value is -0.280. The first-order chi connectivity index (χ1) is 5.29. The van der Waals surface area contributed by atoms with E-state index < -0.39 is 5.97 Å². The van der Waals surface area contributed by atoms with E-state index in [1.807, 2.05) is 0 Å². The highest BCUT2D eigenvalue weighted by molar-refractivity contribution is 5.85. The first-order valence-corrected chi connectivity index (χ1v) is 4.27. The van der Waals surface area contributed by atoms with Gasteiger partial charge in [0.15, 0.2) is 0 Å². The highest BCUT2D eigenvalue weighted by atomic mass is 35.5. The smallest absolute Gasteiger partial charge is 0.320 e. The van der Waals surface area contributed by atoms with Crippen LogP contribution in [0.15, 0.2) is 0 Å². The van der Waals surface area contributed by atoms with E-state index >= 15 is 0 Å². The average molecular weight is 192 g/mol. The van der Waals surface area contributed by atoms with Gasteiger partial charge in [-0.1, -0.05) is 0 Å². The Balaban J connectivity index is 0.000000720. The SMILES string of the molecule is Cl.O=C(O)C1CCC2CCCN21. The quantitative estimate of drug-likeness (QED) is 0.676. The number of halogens is 1. The van der Waals surface area contributed by atoms with E-state index in [1.54, 1.807) is 0 Å². The van der Waals surface area contributed by atoms with Gasteiger partial charge < -0.3 is 5.11 Å². The van der Waals surface area contributed by atoms with Gasteiger partial charge in [-0.3, -0.25) is 9.69 Å². The molecule has 70 valence electrons. The summed E-state index contributed by atoms with van der Waals surface area (Å²) in [6.07, 6.45) is 4.36. The third-order valence-corrected chi connectivity index (χ3v) is 2.88. The lowest BCUT2D eigenvalue weighted by Gasteiger charge is -2.19. The van der Waals surface area contributed by atoms with Gasteiger partial charge in [-0.05, 0) is 32.2 Å². The molecule has 0 aromatic heterocycles. The Bertz CT molecular complexity index is 186. The maximum atomic E-state index is 10.7. The van der Waals surface area contributed by atoms with Crippen LogP contribution in [0.1, 0.15) is 25.7 Å². The van der Waals surface area contributed by atoms with Crippen molar-refractivity contribution in [3.63, 3.8) is 0 Å². The zero-order valence-corrected chi connectivity index (χ0v) is 7.72. The Morgan fingerprint density at radius 3 is 2.75 bits per heavy atom. The lowest BCUT2D eigenvalue weighted by molar-refractivity contribution is -0.142. The third-order valence-electron chi connectivity index (χ3n) is 2.88. The summed E-state index contributed by atoms with van der Waals surface area (Å²) in [5.41, 5.74) is 0. The van der Waals surface area contributed by atoms with E-state index in [9.17, 15) is 4.79 Å². The van der Waals surface area contributed by atoms with Crippen molar-refractivity contribution in [2.45, 2.75) is 37.8 Å². The molecule has 2 fully saturated rings. The minimum atomic E-state index is -0.630. The summed E-state index contributed by atoms with van der Waals surface area (Å²) in [6, 6.07) is 0.429. The van der Waals surface area contributed by atoms with E-state index in [4.69, 9.17) is 5.11 Å². The highest BCUT2D eigenvalue weighted by Gasteiger charge is 2.39. The molecule has 0 saturated carbocycles. The van der Waals surface area contributed by atoms with E-state index in [0.29, 0.717) is 6.04 Å². The van der Waals surface area contributed by atoms with Gasteiger partial charge in [-0.2, -0.15) is 0 Å². The molecular formula is C8H14ClNO2. The molecule has 0 radical (unpaired) electrons. The van der Waals surface area contributed by atoms with Gasteiger partial charge in [0.2, 0.25) is 0 Å². The predicted octanol–water partition coefficient (Wildman–Crippen LogP) is 1.12. The summed E-state index contributed by atoms with van der Waals surface area (Å²) >= 11 is 0. The van der Waals surface area contributed by atoms with Crippen molar-refractivity contribution in [2.75, 3.05) is 6.54 Å². The molecule has 2 aliphatic heterocycles. The largest absolute Gasteiger partial charge is 0.480 e. The number of fused-ring (bicyclic) bond motifs is 1. The number of hydrogen-bond donors (Lipinski definition) is 1. The molecule has 2 saturated heterocycles. The molecular weight excluding hydrogens is 178 g/mol. The molecule has 0 aromatic rings. The fraction of sp³-hybridized carbons (Fsp3) is 0.875. The van der Waals surface area contributed by atoms with Crippen LogP contribution in [0.2, 0.25) is 0 Å². The monoisotopic (exact) mass is 191 g/mol. The summed E-state index contributed by atoms with van der Waals surface area (Å²) in [6.45, 7) is 1.00. The fourth-order valence-electron chi connectivity index (χ4n) is 2.36. The fourth-order valence-corrected chi connectivity index (χ4v) is 2.36. The van der Waals surface area contributed by atoms with Crippen molar-refractivity contribution in [1.29, 1.82) is 0 Å². The second-order valence-corrected chi connectivity index (χ2v) is 3.47. The van der Waals surface area contributed by atoms with Crippen LogP contribution in [0.3, 0.4) is 0 Å². The first-order valence-electron chi connectivity index (χ1n) is 4.27. The van der Waals surface area contributed by atoms with Crippen LogP contribution in [0.5, 0.6) is 0 Å². The molecule has 2 aliphatic rings. The van der Waals surface area contributed by atoms with Crippen molar-refractivity contribution in [3.05, 3.63) is 0 Å². The third kappa shape index (κ3) is 1.43. The molecule has 3 nitrogen and oxygen atoms in total. The molecule has 2 heterocycles. The van der Waals surface area contributed by atoms with Crippen molar-refractivity contribution in [1.82, 2.24) is 4.90 Å². The van der Waals surface area contributed by atoms with Crippen LogP contribution in [-0.2, 0) is 4.79 Å². The topological polar surface area (TPSA) is 40.5 Å². The number of nitrogens with zero attached hydrogens (tertiary/aromatic N) is 1. The van der Waals surface area contributed by atoms with E-state index in [0.717, 1.165) is 19.4 Å². The molecule has 0 aliphatic carbocycles. The van der Waals surface area contributed by atoms with Gasteiger partial charge in [0.25, 0.3) is 0 Å². The summed E-state index contributed by atoms with van der Waals surface area (Å²) in [5.74, 6) is -0.630. The zero-order valence-electron chi connectivity index (χ0n) is 6.90. The van der Waals surface area contributed by atoms with Crippen molar-refractivity contribution in [2.24, 2.45) is 0 Å². The molecule has 0 aromatic carbocycles. The van der Waals surface area contributed by atoms with Crippen LogP contribution in [-0.4, -0.2) is 34.6 Å². The van der Waals surface area contributed by atoms with Crippen LogP contribution < -0.4 is 0 Å². The summed E-state index contributed by atoms with van der Waals surface area (Å²) < 4.78 is 0. The molecule has 4 heteroatoms. The van der Waals surface area contributed by atoms with Crippen LogP contribution >= 0.6 is 12.4 Å². The second-order valence-electron chi connectivity index (χ2n) is 3.47. The highest BCUT2D eigenvalue weighted by Crippen LogP contribution is 2.32. The van der Waals surface area contributed by atoms with Crippen molar-refractivity contribution < 1.29 is 9.90 Å². The van der Waals surface area contributed by atoms with E-state index in [-0.39, 0.29) is 18.4 Å². The number of carbonyl (C=O) groups is 1. The summed E-state index contributed by atoms with van der Waals surface area (Å²) in [5, 5.41) is 8.82. The maximum Gasteiger partial charge on any atom is 0.320 e. The average Bonchev–Trinajstić information content (AvgIpc) is 2.41. The van der Waals surface area contributed by atoms with Gasteiger partial charge >= 0.3 is 5.97 Å². The van der Waals surface area contributed by atoms with Crippen LogP contribution in [0, 0.1) is 0 Å². The Kier molecular flexibility index (Phi) is 2.96. The number of rotatable bonds is 1. The summed E-state index contributed by atoms with van der Waals surface area (Å²) in [7, 11) is 0.